The lowest BCUT2D eigenvalue weighted by molar-refractivity contribution is -0.256. The van der Waals surface area contributed by atoms with Gasteiger partial charge in [-0.15, -0.1) is 6.58 Å². The van der Waals surface area contributed by atoms with Gasteiger partial charge in [-0.3, -0.25) is 9.80 Å². The highest BCUT2D eigenvalue weighted by Gasteiger charge is 2.65. The number of aliphatic hydroxyl groups excluding tert-OH is 2. The minimum Gasteiger partial charge on any atom is -0.492 e. The van der Waals surface area contributed by atoms with Gasteiger partial charge in [-0.2, -0.15) is 0 Å². The predicted octanol–water partition coefficient (Wildman–Crippen LogP) is 7.96. The van der Waals surface area contributed by atoms with Crippen molar-refractivity contribution in [3.8, 4) is 11.5 Å². The molecule has 3 heterocycles. The zero-order valence-electron chi connectivity index (χ0n) is 35.6. The van der Waals surface area contributed by atoms with E-state index < -0.39 is 30.1 Å². The molecule has 12 heteroatoms. The largest absolute Gasteiger partial charge is 0.492 e. The van der Waals surface area contributed by atoms with Crippen LogP contribution >= 0.6 is 0 Å². The summed E-state index contributed by atoms with van der Waals surface area (Å²) in [5.41, 5.74) is 3.68. The van der Waals surface area contributed by atoms with Gasteiger partial charge < -0.3 is 38.7 Å². The second-order valence-electron chi connectivity index (χ2n) is 17.1. The Morgan fingerprint density at radius 1 is 1.03 bits per heavy atom. The molecule has 1 saturated carbocycles. The van der Waals surface area contributed by atoms with Gasteiger partial charge in [0, 0.05) is 57.2 Å². The lowest BCUT2D eigenvalue weighted by atomic mass is 9.55. The van der Waals surface area contributed by atoms with Gasteiger partial charge in [-0.25, -0.2) is 4.79 Å². The first kappa shape index (κ1) is 43.2. The van der Waals surface area contributed by atoms with Crippen LogP contribution < -0.4 is 9.47 Å². The first-order chi connectivity index (χ1) is 30.0. The molecule has 3 fully saturated rings. The van der Waals surface area contributed by atoms with E-state index in [0.717, 1.165) is 104 Å². The summed E-state index contributed by atoms with van der Waals surface area (Å²) >= 11 is 0. The number of oxime groups is 1. The molecule has 0 spiro atoms. The number of hydrogen-bond acceptors (Lipinski definition) is 11. The van der Waals surface area contributed by atoms with Crippen LogP contribution in [0.5, 0.6) is 11.5 Å². The third-order valence-electron chi connectivity index (χ3n) is 13.3. The number of aliphatic hydroxyl groups is 2. The summed E-state index contributed by atoms with van der Waals surface area (Å²) in [4.78, 5) is 24.9. The van der Waals surface area contributed by atoms with Gasteiger partial charge in [0.2, 0.25) is 12.1 Å². The van der Waals surface area contributed by atoms with E-state index in [4.69, 9.17) is 33.7 Å². The topological polar surface area (TPSA) is 132 Å². The first-order valence-corrected chi connectivity index (χ1v) is 22.5. The van der Waals surface area contributed by atoms with Gasteiger partial charge in [-0.05, 0) is 90.5 Å². The normalized spacial score (nSPS) is 27.3. The molecule has 328 valence electrons. The molecule has 3 aromatic carbocycles. The molecule has 1 unspecified atom stereocenters. The number of allylic oxidation sites excluding steroid dienone is 1. The molecule has 0 aromatic heterocycles. The third kappa shape index (κ3) is 9.49. The van der Waals surface area contributed by atoms with E-state index in [-0.39, 0.29) is 50.5 Å². The summed E-state index contributed by atoms with van der Waals surface area (Å²) in [7, 11) is 1.42. The number of carbonyl (C=O) groups excluding carboxylic acids is 1. The van der Waals surface area contributed by atoms with Crippen LogP contribution in [0, 0.1) is 17.8 Å². The molecule has 2 saturated heterocycles. The summed E-state index contributed by atoms with van der Waals surface area (Å²) < 4.78 is 32.6. The molecule has 3 aromatic rings. The Kier molecular flexibility index (Phi) is 14.3. The van der Waals surface area contributed by atoms with Crippen LogP contribution in [0.2, 0.25) is 0 Å². The van der Waals surface area contributed by atoms with Crippen LogP contribution in [0.3, 0.4) is 0 Å². The number of rotatable bonds is 20. The lowest BCUT2D eigenvalue weighted by Gasteiger charge is -2.59. The summed E-state index contributed by atoms with van der Waals surface area (Å²) in [6.45, 7) is 8.96. The Balaban J connectivity index is 1.32. The summed E-state index contributed by atoms with van der Waals surface area (Å²) in [6.07, 6.45) is 10.8. The van der Waals surface area contributed by atoms with Gasteiger partial charge in [0.05, 0.1) is 38.5 Å². The van der Waals surface area contributed by atoms with Crippen molar-refractivity contribution in [2.45, 2.75) is 94.8 Å². The molecule has 7 atom stereocenters. The van der Waals surface area contributed by atoms with Crippen molar-refractivity contribution >= 4 is 22.6 Å². The van der Waals surface area contributed by atoms with Crippen LogP contribution in [0.1, 0.15) is 81.3 Å². The average Bonchev–Trinajstić information content (AvgIpc) is 4.13. The Labute approximate surface area is 360 Å². The van der Waals surface area contributed by atoms with Crippen LogP contribution in [0.25, 0.3) is 10.8 Å². The van der Waals surface area contributed by atoms with Gasteiger partial charge in [-0.1, -0.05) is 72.6 Å². The Morgan fingerprint density at radius 2 is 1.85 bits per heavy atom. The minimum absolute atomic E-state index is 0.0911. The number of benzene rings is 3. The number of hydrogen-bond donors (Lipinski definition) is 2. The highest BCUT2D eigenvalue weighted by atomic mass is 16.8. The van der Waals surface area contributed by atoms with Crippen molar-refractivity contribution < 1.29 is 43.5 Å². The maximum absolute atomic E-state index is 14.5. The van der Waals surface area contributed by atoms with Gasteiger partial charge >= 0.3 is 6.09 Å². The SMILES string of the molecule is C=CCO[C@@]12Oc3ccc(OCCN4CC4)cc3[C@H]3[C@H](CCCCO)[C@@H](CCCCO)C=C(C(=NOC4CCCCO4)C[C@@H]1N(Cc1cccc4ccccc14)C(=O)OC)[C@H]32. The fourth-order valence-corrected chi connectivity index (χ4v) is 10.3. The summed E-state index contributed by atoms with van der Waals surface area (Å²) in [5, 5.41) is 27.0. The molecule has 8 rings (SSSR count). The van der Waals surface area contributed by atoms with Crippen molar-refractivity contribution in [1.82, 2.24) is 9.80 Å². The summed E-state index contributed by atoms with van der Waals surface area (Å²) in [6, 6.07) is 19.7. The van der Waals surface area contributed by atoms with Crippen molar-refractivity contribution in [1.29, 1.82) is 0 Å². The Hall–Kier alpha value is -4.46. The molecule has 1 amide bonds. The monoisotopic (exact) mass is 837 g/mol. The van der Waals surface area contributed by atoms with E-state index >= 15 is 0 Å². The lowest BCUT2D eigenvalue weighted by Crippen LogP contribution is -2.70. The first-order valence-electron chi connectivity index (χ1n) is 22.5. The molecule has 0 bridgehead atoms. The fraction of sp³-hybridized carbons (Fsp3) is 0.551. The molecule has 2 N–H and O–H groups in total. The highest BCUT2D eigenvalue weighted by Crippen LogP contribution is 2.62. The number of methoxy groups -OCH3 is 1. The number of ether oxygens (including phenoxy) is 5. The van der Waals surface area contributed by atoms with Crippen molar-refractivity contribution in [3.05, 3.63) is 96.1 Å². The maximum atomic E-state index is 14.5. The van der Waals surface area contributed by atoms with Crippen LogP contribution in [-0.4, -0.2) is 110 Å². The Morgan fingerprint density at radius 3 is 2.62 bits per heavy atom. The molecular formula is C49H63N3O9. The molecular weight excluding hydrogens is 775 g/mol. The van der Waals surface area contributed by atoms with Crippen molar-refractivity contribution in [2.75, 3.05) is 59.8 Å². The van der Waals surface area contributed by atoms with Gasteiger partial charge in [0.15, 0.2) is 0 Å². The van der Waals surface area contributed by atoms with E-state index in [2.05, 4.69) is 47.9 Å². The molecule has 12 nitrogen and oxygen atoms in total. The zero-order valence-corrected chi connectivity index (χ0v) is 35.6. The van der Waals surface area contributed by atoms with E-state index in [1.54, 1.807) is 11.0 Å². The van der Waals surface area contributed by atoms with E-state index in [1.807, 2.05) is 30.3 Å². The second kappa shape index (κ2) is 20.2. The van der Waals surface area contributed by atoms with Gasteiger partial charge in [0.1, 0.15) is 24.1 Å². The quantitative estimate of drug-likeness (QED) is 0.0500. The number of unbranched alkanes of at least 4 members (excludes halogenated alkanes) is 2. The van der Waals surface area contributed by atoms with E-state index in [1.165, 1.54) is 7.11 Å². The fourth-order valence-electron chi connectivity index (χ4n) is 10.3. The van der Waals surface area contributed by atoms with Crippen LogP contribution in [-0.2, 0) is 25.6 Å². The van der Waals surface area contributed by atoms with E-state index in [0.29, 0.717) is 31.8 Å². The van der Waals surface area contributed by atoms with E-state index in [9.17, 15) is 15.0 Å². The Bertz CT molecular complexity index is 2020. The molecule has 3 aliphatic heterocycles. The minimum atomic E-state index is -1.41. The molecule has 2 aliphatic carbocycles. The standard InChI is InChI=1S/C49H63N3O9/c1-3-27-59-49-44(52(48(55)56-2)33-36-16-12-15-34-13-4-5-17-38(34)36)32-42(50-61-45-19-8-11-28-58-45)40-30-35(14-6-9-25-53)39(18-7-10-26-54)46(47(40)49)41-31-37(20-21-43(41)60-49)57-29-24-51-22-23-51/h3-5,12-13,15-17,20-21,30-31,35,39,44-47,53-54H,1,6-11,14,18-19,22-29,32-33H2,2H3/t35-,39+,44-,45?,46+,47+,49+/m0/s1. The molecule has 61 heavy (non-hydrogen) atoms. The van der Waals surface area contributed by atoms with Gasteiger partial charge in [0.25, 0.3) is 0 Å². The number of amides is 1. The van der Waals surface area contributed by atoms with Crippen molar-refractivity contribution in [3.63, 3.8) is 0 Å². The molecule has 5 aliphatic rings. The summed E-state index contributed by atoms with van der Waals surface area (Å²) in [5.74, 6) is -0.378. The maximum Gasteiger partial charge on any atom is 0.410 e. The number of nitrogens with zero attached hydrogens (tertiary/aromatic N) is 3. The third-order valence-corrected chi connectivity index (χ3v) is 13.3. The smallest absolute Gasteiger partial charge is 0.410 e. The molecule has 0 radical (unpaired) electrons. The predicted molar refractivity (Wildman–Crippen MR) is 233 cm³/mol. The highest BCUT2D eigenvalue weighted by molar-refractivity contribution is 6.03. The van der Waals surface area contributed by atoms with Crippen LogP contribution in [0.4, 0.5) is 4.79 Å². The average molecular weight is 838 g/mol. The van der Waals surface area contributed by atoms with Crippen molar-refractivity contribution in [2.24, 2.45) is 22.9 Å². The van der Waals surface area contributed by atoms with Crippen LogP contribution in [0.15, 0.2) is 90.1 Å². The second-order valence-corrected chi connectivity index (χ2v) is 17.1. The zero-order chi connectivity index (χ0) is 42.2. The number of carbonyl (C=O) groups is 1. The number of fused-ring (bicyclic) bond motifs is 3.